The topological polar surface area (TPSA) is 98.7 Å². The molecule has 0 saturated heterocycles. The molecule has 0 aromatic heterocycles. The molecule has 1 aromatic rings. The summed E-state index contributed by atoms with van der Waals surface area (Å²) in [5.74, 6) is -1.93. The third-order valence-corrected chi connectivity index (χ3v) is 2.11. The van der Waals surface area contributed by atoms with E-state index in [0.717, 1.165) is 0 Å². The average Bonchev–Trinajstić information content (AvgIpc) is 2.32. The first kappa shape index (κ1) is 13.9. The second-order valence-corrected chi connectivity index (χ2v) is 3.50. The van der Waals surface area contributed by atoms with E-state index in [2.05, 4.69) is 10.6 Å². The Bertz CT molecular complexity index is 439. The van der Waals surface area contributed by atoms with Crippen LogP contribution in [0.1, 0.15) is 6.42 Å². The first-order valence-corrected chi connectivity index (χ1v) is 5.21. The third-order valence-electron chi connectivity index (χ3n) is 2.11. The molecule has 0 bridgehead atoms. The minimum Gasteiger partial charge on any atom is -0.479 e. The van der Waals surface area contributed by atoms with E-state index in [0.29, 0.717) is 0 Å². The van der Waals surface area contributed by atoms with Crippen LogP contribution in [0.25, 0.3) is 0 Å². The summed E-state index contributed by atoms with van der Waals surface area (Å²) in [5.41, 5.74) is 0.0220. The molecule has 0 heterocycles. The minimum atomic E-state index is -1.53. The van der Waals surface area contributed by atoms with Gasteiger partial charge in [0.25, 0.3) is 0 Å². The summed E-state index contributed by atoms with van der Waals surface area (Å²) >= 11 is 0. The van der Waals surface area contributed by atoms with Crippen LogP contribution in [0.3, 0.4) is 0 Å². The number of aliphatic hydroxyl groups is 1. The van der Waals surface area contributed by atoms with Crippen molar-refractivity contribution in [3.8, 4) is 0 Å². The zero-order valence-electron chi connectivity index (χ0n) is 9.39. The molecule has 1 rings (SSSR count). The van der Waals surface area contributed by atoms with Crippen molar-refractivity contribution in [1.29, 1.82) is 0 Å². The SMILES string of the molecule is O=C(NCCC(O)C(=O)O)Nc1ccccc1F. The molecule has 2 amide bonds. The molecule has 0 aliphatic rings. The quantitative estimate of drug-likeness (QED) is 0.625. The van der Waals surface area contributed by atoms with Gasteiger partial charge in [-0.1, -0.05) is 12.1 Å². The molecule has 98 valence electrons. The monoisotopic (exact) mass is 256 g/mol. The number of carbonyl (C=O) groups excluding carboxylic acids is 1. The van der Waals surface area contributed by atoms with Crippen molar-refractivity contribution >= 4 is 17.7 Å². The van der Waals surface area contributed by atoms with E-state index < -0.39 is 23.9 Å². The third kappa shape index (κ3) is 4.38. The second-order valence-electron chi connectivity index (χ2n) is 3.50. The fourth-order valence-corrected chi connectivity index (χ4v) is 1.17. The Kier molecular flexibility index (Phi) is 5.06. The Labute approximate surface area is 102 Å². The van der Waals surface area contributed by atoms with Gasteiger partial charge in [-0.3, -0.25) is 0 Å². The number of halogens is 1. The lowest BCUT2D eigenvalue weighted by atomic mass is 10.2. The number of carbonyl (C=O) groups is 2. The number of aliphatic hydroxyl groups excluding tert-OH is 1. The Morgan fingerprint density at radius 3 is 2.61 bits per heavy atom. The summed E-state index contributed by atoms with van der Waals surface area (Å²) in [6.07, 6.45) is -1.65. The fraction of sp³-hybridized carbons (Fsp3) is 0.273. The Balaban J connectivity index is 2.35. The summed E-state index contributed by atoms with van der Waals surface area (Å²) in [6, 6.07) is 4.97. The van der Waals surface area contributed by atoms with Gasteiger partial charge in [0.2, 0.25) is 0 Å². The van der Waals surface area contributed by atoms with Crippen LogP contribution >= 0.6 is 0 Å². The molecule has 6 nitrogen and oxygen atoms in total. The van der Waals surface area contributed by atoms with Crippen LogP contribution in [0.15, 0.2) is 24.3 Å². The predicted octanol–water partition coefficient (Wildman–Crippen LogP) is 0.783. The molecular weight excluding hydrogens is 243 g/mol. The van der Waals surface area contributed by atoms with Crippen LogP contribution in [0.2, 0.25) is 0 Å². The number of hydrogen-bond donors (Lipinski definition) is 4. The molecule has 1 atom stereocenters. The van der Waals surface area contributed by atoms with Gasteiger partial charge < -0.3 is 20.8 Å². The molecule has 0 aliphatic heterocycles. The number of urea groups is 1. The number of nitrogens with one attached hydrogen (secondary N) is 2. The molecule has 0 fully saturated rings. The molecule has 1 aromatic carbocycles. The fourth-order valence-electron chi connectivity index (χ4n) is 1.17. The number of carboxylic acid groups (broad SMARTS) is 1. The smallest absolute Gasteiger partial charge is 0.332 e. The molecule has 7 heteroatoms. The highest BCUT2D eigenvalue weighted by Crippen LogP contribution is 2.11. The molecule has 0 aliphatic carbocycles. The van der Waals surface area contributed by atoms with Crippen molar-refractivity contribution in [2.45, 2.75) is 12.5 Å². The van der Waals surface area contributed by atoms with Gasteiger partial charge in [0.15, 0.2) is 6.10 Å². The van der Waals surface area contributed by atoms with Crippen molar-refractivity contribution in [3.63, 3.8) is 0 Å². The number of anilines is 1. The summed E-state index contributed by atoms with van der Waals surface area (Å²) in [5, 5.41) is 21.9. The minimum absolute atomic E-state index is 0.0220. The summed E-state index contributed by atoms with van der Waals surface area (Å²) < 4.78 is 13.1. The van der Waals surface area contributed by atoms with Crippen molar-refractivity contribution in [2.24, 2.45) is 0 Å². The standard InChI is InChI=1S/C11H13FN2O4/c12-7-3-1-2-4-8(7)14-11(18)13-6-5-9(15)10(16)17/h1-4,9,15H,5-6H2,(H,16,17)(H2,13,14,18). The van der Waals surface area contributed by atoms with E-state index in [1.54, 1.807) is 6.07 Å². The number of hydrogen-bond acceptors (Lipinski definition) is 3. The van der Waals surface area contributed by atoms with Gasteiger partial charge in [0.05, 0.1) is 5.69 Å². The van der Waals surface area contributed by atoms with Gasteiger partial charge in [0, 0.05) is 13.0 Å². The number of para-hydroxylation sites is 1. The summed E-state index contributed by atoms with van der Waals surface area (Å²) in [6.45, 7) is -0.0340. The van der Waals surface area contributed by atoms with Crippen LogP contribution in [-0.2, 0) is 4.79 Å². The predicted molar refractivity (Wildman–Crippen MR) is 61.7 cm³/mol. The summed E-state index contributed by atoms with van der Waals surface area (Å²) in [7, 11) is 0. The van der Waals surface area contributed by atoms with Gasteiger partial charge in [-0.15, -0.1) is 0 Å². The lowest BCUT2D eigenvalue weighted by molar-refractivity contribution is -0.146. The van der Waals surface area contributed by atoms with Crippen LogP contribution in [-0.4, -0.2) is 34.9 Å². The van der Waals surface area contributed by atoms with E-state index in [9.17, 15) is 14.0 Å². The number of amides is 2. The lowest BCUT2D eigenvalue weighted by Gasteiger charge is -2.09. The molecule has 4 N–H and O–H groups in total. The van der Waals surface area contributed by atoms with Crippen LogP contribution in [0.5, 0.6) is 0 Å². The van der Waals surface area contributed by atoms with E-state index in [4.69, 9.17) is 10.2 Å². The second kappa shape index (κ2) is 6.55. The van der Waals surface area contributed by atoms with Crippen molar-refractivity contribution in [3.05, 3.63) is 30.1 Å². The number of rotatable bonds is 5. The summed E-state index contributed by atoms with van der Waals surface area (Å²) in [4.78, 5) is 21.6. The molecular formula is C11H13FN2O4. The van der Waals surface area contributed by atoms with Crippen molar-refractivity contribution in [1.82, 2.24) is 5.32 Å². The van der Waals surface area contributed by atoms with E-state index >= 15 is 0 Å². The van der Waals surface area contributed by atoms with Gasteiger partial charge in [-0.2, -0.15) is 0 Å². The maximum atomic E-state index is 13.1. The number of benzene rings is 1. The Hall–Kier alpha value is -2.15. The maximum Gasteiger partial charge on any atom is 0.332 e. The Morgan fingerprint density at radius 2 is 2.00 bits per heavy atom. The number of carboxylic acids is 1. The van der Waals surface area contributed by atoms with E-state index in [-0.39, 0.29) is 18.7 Å². The largest absolute Gasteiger partial charge is 0.479 e. The van der Waals surface area contributed by atoms with E-state index in [1.165, 1.54) is 18.2 Å². The Morgan fingerprint density at radius 1 is 1.33 bits per heavy atom. The maximum absolute atomic E-state index is 13.1. The van der Waals surface area contributed by atoms with Crippen LogP contribution in [0, 0.1) is 5.82 Å². The molecule has 1 unspecified atom stereocenters. The number of aliphatic carboxylic acids is 1. The lowest BCUT2D eigenvalue weighted by Crippen LogP contribution is -2.33. The first-order valence-electron chi connectivity index (χ1n) is 5.21. The van der Waals surface area contributed by atoms with Crippen molar-refractivity contribution in [2.75, 3.05) is 11.9 Å². The van der Waals surface area contributed by atoms with Crippen LogP contribution < -0.4 is 10.6 Å². The van der Waals surface area contributed by atoms with Crippen LogP contribution in [0.4, 0.5) is 14.9 Å². The highest BCUT2D eigenvalue weighted by Gasteiger charge is 2.13. The highest BCUT2D eigenvalue weighted by atomic mass is 19.1. The molecule has 18 heavy (non-hydrogen) atoms. The van der Waals surface area contributed by atoms with Crippen molar-refractivity contribution < 1.29 is 24.2 Å². The molecule has 0 spiro atoms. The normalized spacial score (nSPS) is 11.7. The van der Waals surface area contributed by atoms with Gasteiger partial charge in [-0.25, -0.2) is 14.0 Å². The molecule has 0 radical (unpaired) electrons. The highest BCUT2D eigenvalue weighted by molar-refractivity contribution is 5.89. The van der Waals surface area contributed by atoms with E-state index in [1.807, 2.05) is 0 Å². The van der Waals surface area contributed by atoms with Gasteiger partial charge in [-0.05, 0) is 12.1 Å². The van der Waals surface area contributed by atoms with Gasteiger partial charge >= 0.3 is 12.0 Å². The van der Waals surface area contributed by atoms with Gasteiger partial charge in [0.1, 0.15) is 5.82 Å². The average molecular weight is 256 g/mol. The first-order chi connectivity index (χ1) is 8.50. The zero-order valence-corrected chi connectivity index (χ0v) is 9.39. The molecule has 0 saturated carbocycles. The zero-order chi connectivity index (χ0) is 13.5.